The van der Waals surface area contributed by atoms with Gasteiger partial charge in [0, 0.05) is 18.6 Å². The van der Waals surface area contributed by atoms with Crippen LogP contribution in [0.15, 0.2) is 35.9 Å². The average molecular weight is 578 g/mol. The summed E-state index contributed by atoms with van der Waals surface area (Å²) in [5, 5.41) is 31.6. The topological polar surface area (TPSA) is 126 Å². The van der Waals surface area contributed by atoms with Crippen molar-refractivity contribution in [2.75, 3.05) is 26.2 Å². The van der Waals surface area contributed by atoms with Gasteiger partial charge in [-0.05, 0) is 75.3 Å². The number of nitrogens with one attached hydrogen (secondary N) is 1. The van der Waals surface area contributed by atoms with E-state index in [0.717, 1.165) is 31.6 Å². The molecule has 224 valence electrons. The van der Waals surface area contributed by atoms with Gasteiger partial charge in [-0.15, -0.1) is 0 Å². The standard InChI is InChI=1S/C28H38BF3N4O5/c1-26(2)11-13-36(18-26)27(3,4)15-20(16-33)24(37)35-12-5-6-22(17-35)41-25(38)34-23(29(39)40)14-19-7-9-21(10-8-19)28(30,31)32/h7-10,15,22-23,39-40H,5-6,11-14,17-18H2,1-4H3,(H,34,38)/t22-,23-/m0/s1. The molecular weight excluding hydrogens is 540 g/mol. The molecule has 0 unspecified atom stereocenters. The zero-order valence-electron chi connectivity index (χ0n) is 23.9. The quantitative estimate of drug-likeness (QED) is 0.246. The summed E-state index contributed by atoms with van der Waals surface area (Å²) in [7, 11) is -2.00. The Bertz CT molecular complexity index is 1160. The van der Waals surface area contributed by atoms with Crippen LogP contribution in [0.4, 0.5) is 18.0 Å². The highest BCUT2D eigenvalue weighted by Gasteiger charge is 2.38. The lowest BCUT2D eigenvalue weighted by Gasteiger charge is -2.35. The summed E-state index contributed by atoms with van der Waals surface area (Å²) in [6, 6.07) is 6.17. The van der Waals surface area contributed by atoms with E-state index in [9.17, 15) is 38.1 Å². The summed E-state index contributed by atoms with van der Waals surface area (Å²) in [6.07, 6.45) is -2.59. The molecule has 41 heavy (non-hydrogen) atoms. The molecular formula is C28H38BF3N4O5. The average Bonchev–Trinajstić information content (AvgIpc) is 3.27. The molecule has 0 saturated carbocycles. The molecule has 0 aliphatic carbocycles. The van der Waals surface area contributed by atoms with Gasteiger partial charge in [0.25, 0.3) is 5.91 Å². The van der Waals surface area contributed by atoms with Crippen LogP contribution in [0.5, 0.6) is 0 Å². The van der Waals surface area contributed by atoms with E-state index in [1.54, 1.807) is 6.08 Å². The smallest absolute Gasteiger partial charge is 0.444 e. The number of alkyl halides is 3. The van der Waals surface area contributed by atoms with Crippen molar-refractivity contribution >= 4 is 19.1 Å². The van der Waals surface area contributed by atoms with Gasteiger partial charge in [0.15, 0.2) is 0 Å². The zero-order chi connectivity index (χ0) is 30.6. The molecule has 0 radical (unpaired) electrons. The van der Waals surface area contributed by atoms with Gasteiger partial charge in [-0.2, -0.15) is 18.4 Å². The van der Waals surface area contributed by atoms with Gasteiger partial charge >= 0.3 is 19.4 Å². The number of nitriles is 1. The Hall–Kier alpha value is -3.08. The first-order chi connectivity index (χ1) is 19.0. The number of amides is 2. The number of hydrogen-bond acceptors (Lipinski definition) is 7. The van der Waals surface area contributed by atoms with Crippen LogP contribution < -0.4 is 5.32 Å². The van der Waals surface area contributed by atoms with Crippen molar-refractivity contribution < 1.29 is 37.5 Å². The summed E-state index contributed by atoms with van der Waals surface area (Å²) >= 11 is 0. The first-order valence-corrected chi connectivity index (χ1v) is 13.7. The second-order valence-electron chi connectivity index (χ2n) is 12.1. The molecule has 1 aromatic rings. The van der Waals surface area contributed by atoms with Crippen LogP contribution >= 0.6 is 0 Å². The molecule has 3 N–H and O–H groups in total. The van der Waals surface area contributed by atoms with Gasteiger partial charge in [0.05, 0.1) is 18.0 Å². The Morgan fingerprint density at radius 1 is 1.24 bits per heavy atom. The van der Waals surface area contributed by atoms with Gasteiger partial charge in [-0.3, -0.25) is 9.69 Å². The number of halogens is 3. The van der Waals surface area contributed by atoms with Gasteiger partial charge in [-0.25, -0.2) is 4.79 Å². The molecule has 2 aliphatic heterocycles. The molecule has 2 atom stereocenters. The number of carbonyl (C=O) groups is 2. The predicted molar refractivity (Wildman–Crippen MR) is 146 cm³/mol. The van der Waals surface area contributed by atoms with Crippen molar-refractivity contribution in [3.05, 3.63) is 47.0 Å². The molecule has 0 spiro atoms. The van der Waals surface area contributed by atoms with Gasteiger partial charge in [0.2, 0.25) is 0 Å². The predicted octanol–water partition coefficient (Wildman–Crippen LogP) is 3.31. The van der Waals surface area contributed by atoms with E-state index in [4.69, 9.17) is 4.74 Å². The first-order valence-electron chi connectivity index (χ1n) is 13.7. The third-order valence-electron chi connectivity index (χ3n) is 7.68. The Labute approximate surface area is 239 Å². The third kappa shape index (κ3) is 8.95. The number of piperidine rings is 1. The molecule has 0 aromatic heterocycles. The van der Waals surface area contributed by atoms with E-state index in [1.807, 2.05) is 19.9 Å². The minimum atomic E-state index is -4.50. The van der Waals surface area contributed by atoms with Crippen molar-refractivity contribution in [3.8, 4) is 6.07 Å². The molecule has 2 amide bonds. The number of rotatable bonds is 8. The number of benzene rings is 1. The fourth-order valence-electron chi connectivity index (χ4n) is 5.23. The summed E-state index contributed by atoms with van der Waals surface area (Å²) in [5.74, 6) is -1.69. The molecule has 2 aliphatic rings. The first kappa shape index (κ1) is 32.4. The highest BCUT2D eigenvalue weighted by Crippen LogP contribution is 2.34. The van der Waals surface area contributed by atoms with E-state index < -0.39 is 48.4 Å². The van der Waals surface area contributed by atoms with Crippen molar-refractivity contribution in [2.45, 2.75) is 77.1 Å². The van der Waals surface area contributed by atoms with Crippen LogP contribution in [-0.4, -0.2) is 82.7 Å². The van der Waals surface area contributed by atoms with Crippen LogP contribution in [0.1, 0.15) is 58.1 Å². The highest BCUT2D eigenvalue weighted by molar-refractivity contribution is 6.43. The summed E-state index contributed by atoms with van der Waals surface area (Å²) in [5.41, 5.74) is -0.827. The normalized spacial score (nSPS) is 20.7. The van der Waals surface area contributed by atoms with Crippen LogP contribution in [0.25, 0.3) is 0 Å². The maximum Gasteiger partial charge on any atom is 0.475 e. The largest absolute Gasteiger partial charge is 0.475 e. The minimum absolute atomic E-state index is 0.0183. The molecule has 9 nitrogen and oxygen atoms in total. The van der Waals surface area contributed by atoms with E-state index in [0.29, 0.717) is 24.9 Å². The molecule has 2 heterocycles. The second-order valence-corrected chi connectivity index (χ2v) is 12.1. The maximum absolute atomic E-state index is 13.3. The van der Waals surface area contributed by atoms with Crippen molar-refractivity contribution in [1.29, 1.82) is 5.26 Å². The summed E-state index contributed by atoms with van der Waals surface area (Å²) in [4.78, 5) is 29.6. The van der Waals surface area contributed by atoms with E-state index in [2.05, 4.69) is 24.1 Å². The number of nitrogens with zero attached hydrogens (tertiary/aromatic N) is 3. The van der Waals surface area contributed by atoms with Gasteiger partial charge in [0.1, 0.15) is 17.7 Å². The highest BCUT2D eigenvalue weighted by atomic mass is 19.4. The van der Waals surface area contributed by atoms with E-state index in [1.165, 1.54) is 17.0 Å². The molecule has 0 bridgehead atoms. The lowest BCUT2D eigenvalue weighted by atomic mass is 9.76. The van der Waals surface area contributed by atoms with Gasteiger partial charge < -0.3 is 25.0 Å². The van der Waals surface area contributed by atoms with Crippen LogP contribution in [0, 0.1) is 16.7 Å². The van der Waals surface area contributed by atoms with E-state index in [-0.39, 0.29) is 24.0 Å². The SMILES string of the molecule is CC1(C)CCN(C(C)(C)C=C(C#N)C(=O)N2CCC[C@H](OC(=O)N[C@@H](Cc3ccc(C(F)(F)F)cc3)B(O)O)C2)C1. The lowest BCUT2D eigenvalue weighted by Crippen LogP contribution is -2.50. The third-order valence-corrected chi connectivity index (χ3v) is 7.68. The monoisotopic (exact) mass is 578 g/mol. The van der Waals surface area contributed by atoms with Crippen molar-refractivity contribution in [2.24, 2.45) is 5.41 Å². The number of hydrogen-bond donors (Lipinski definition) is 3. The number of likely N-dealkylation sites (tertiary alicyclic amines) is 2. The number of alkyl carbamates (subject to hydrolysis) is 1. The molecule has 2 saturated heterocycles. The van der Waals surface area contributed by atoms with Crippen LogP contribution in [-0.2, 0) is 22.1 Å². The van der Waals surface area contributed by atoms with Crippen molar-refractivity contribution in [3.63, 3.8) is 0 Å². The van der Waals surface area contributed by atoms with Crippen molar-refractivity contribution in [1.82, 2.24) is 15.1 Å². The number of ether oxygens (including phenoxy) is 1. The number of carbonyl (C=O) groups excluding carboxylic acids is 2. The molecule has 3 rings (SSSR count). The summed E-state index contributed by atoms with van der Waals surface area (Å²) in [6.45, 7) is 10.5. The lowest BCUT2D eigenvalue weighted by molar-refractivity contribution is -0.137. The molecule has 1 aromatic carbocycles. The fourth-order valence-corrected chi connectivity index (χ4v) is 5.23. The Morgan fingerprint density at radius 2 is 1.90 bits per heavy atom. The Morgan fingerprint density at radius 3 is 2.44 bits per heavy atom. The summed E-state index contributed by atoms with van der Waals surface area (Å²) < 4.78 is 43.9. The van der Waals surface area contributed by atoms with Crippen LogP contribution in [0.3, 0.4) is 0 Å². The maximum atomic E-state index is 13.3. The molecule has 13 heteroatoms. The minimum Gasteiger partial charge on any atom is -0.444 e. The fraction of sp³-hybridized carbons (Fsp3) is 0.607. The molecule has 2 fully saturated rings. The Kier molecular flexibility index (Phi) is 10.2. The van der Waals surface area contributed by atoms with Crippen LogP contribution in [0.2, 0.25) is 0 Å². The zero-order valence-corrected chi connectivity index (χ0v) is 23.9. The van der Waals surface area contributed by atoms with Gasteiger partial charge in [-0.1, -0.05) is 26.0 Å². The van der Waals surface area contributed by atoms with E-state index >= 15 is 0 Å². The second kappa shape index (κ2) is 12.8. The Balaban J connectivity index is 1.59.